The molecule has 0 saturated heterocycles. The normalized spacial score (nSPS) is 12.7. The minimum Gasteiger partial charge on any atom is -0.321 e. The van der Waals surface area contributed by atoms with E-state index in [0.29, 0.717) is 28.2 Å². The molecule has 0 fully saturated rings. The Labute approximate surface area is 248 Å². The molecule has 41 heavy (non-hydrogen) atoms. The monoisotopic (exact) mass is 680 g/mol. The molecule has 4 aromatic rings. The van der Waals surface area contributed by atoms with Crippen molar-refractivity contribution in [2.45, 2.75) is 17.2 Å². The van der Waals surface area contributed by atoms with Crippen LogP contribution in [-0.2, 0) is 26.3 Å². The standard InChI is InChI=1S/C29H25BrF2O6P2S/c30-27-16-22(9-15-26(27)29(31,32)40(36,37)38)19-41-18-21-7-10-23(11-8-21)25-14-13-24(28(17-25)39(33,34)35)12-6-20-4-2-1-3-5-20/h1-17H,18-19H2,(H2,33,34,35)(H2,36,37,38). The molecule has 0 bridgehead atoms. The summed E-state index contributed by atoms with van der Waals surface area (Å²) in [6.07, 6.45) is 3.48. The number of halogens is 3. The molecule has 0 aromatic heterocycles. The van der Waals surface area contributed by atoms with Crippen molar-refractivity contribution >= 4 is 60.3 Å². The third-order valence-electron chi connectivity index (χ3n) is 6.15. The predicted molar refractivity (Wildman–Crippen MR) is 164 cm³/mol. The van der Waals surface area contributed by atoms with Gasteiger partial charge in [0.05, 0.1) is 5.30 Å². The van der Waals surface area contributed by atoms with Gasteiger partial charge in [-0.1, -0.05) is 107 Å². The number of hydrogen-bond acceptors (Lipinski definition) is 3. The SMILES string of the molecule is O=P(O)(O)c1cc(-c2ccc(CSCc3ccc(C(F)(F)P(=O)(O)O)c(Br)c3)cc2)ccc1C=Cc1ccccc1. The zero-order valence-corrected chi connectivity index (χ0v) is 25.5. The van der Waals surface area contributed by atoms with Gasteiger partial charge in [0.1, 0.15) is 0 Å². The first-order valence-electron chi connectivity index (χ1n) is 12.1. The van der Waals surface area contributed by atoms with Gasteiger partial charge in [-0.05, 0) is 45.5 Å². The lowest BCUT2D eigenvalue weighted by atomic mass is 10.0. The van der Waals surface area contributed by atoms with E-state index >= 15 is 0 Å². The molecule has 214 valence electrons. The number of hydrogen-bond donors (Lipinski definition) is 4. The Hall–Kier alpha value is -2.39. The third-order valence-corrected chi connectivity index (χ3v) is 9.87. The van der Waals surface area contributed by atoms with Crippen LogP contribution in [0.1, 0.15) is 27.8 Å². The molecule has 0 aliphatic carbocycles. The highest BCUT2D eigenvalue weighted by Crippen LogP contribution is 2.60. The molecule has 0 spiro atoms. The highest BCUT2D eigenvalue weighted by molar-refractivity contribution is 9.10. The van der Waals surface area contributed by atoms with Crippen LogP contribution in [0.3, 0.4) is 0 Å². The van der Waals surface area contributed by atoms with E-state index in [9.17, 15) is 27.7 Å². The maximum absolute atomic E-state index is 14.0. The summed E-state index contributed by atoms with van der Waals surface area (Å²) in [6.45, 7) is 0. The lowest BCUT2D eigenvalue weighted by Gasteiger charge is -2.19. The molecule has 0 aliphatic rings. The molecule has 4 N–H and O–H groups in total. The van der Waals surface area contributed by atoms with Crippen LogP contribution in [0.25, 0.3) is 23.3 Å². The largest absolute Gasteiger partial charge is 0.399 e. The number of rotatable bonds is 10. The first-order valence-corrected chi connectivity index (χ1v) is 17.3. The summed E-state index contributed by atoms with van der Waals surface area (Å²) >= 11 is 4.53. The summed E-state index contributed by atoms with van der Waals surface area (Å²) in [5.74, 6) is 1.08. The lowest BCUT2D eigenvalue weighted by molar-refractivity contribution is 0.0557. The van der Waals surface area contributed by atoms with Crippen LogP contribution in [0.2, 0.25) is 0 Å². The van der Waals surface area contributed by atoms with Gasteiger partial charge >= 0.3 is 20.9 Å². The molecule has 6 nitrogen and oxygen atoms in total. The van der Waals surface area contributed by atoms with Crippen molar-refractivity contribution in [1.29, 1.82) is 0 Å². The van der Waals surface area contributed by atoms with Gasteiger partial charge in [0.15, 0.2) is 0 Å². The fourth-order valence-electron chi connectivity index (χ4n) is 4.00. The molecule has 0 unspecified atom stereocenters. The topological polar surface area (TPSA) is 115 Å². The summed E-state index contributed by atoms with van der Waals surface area (Å²) in [7, 11) is -10.2. The van der Waals surface area contributed by atoms with Gasteiger partial charge in [-0.15, -0.1) is 0 Å². The number of thioether (sulfide) groups is 1. The second-order valence-corrected chi connectivity index (χ2v) is 14.2. The quantitative estimate of drug-likeness (QED) is 0.100. The highest BCUT2D eigenvalue weighted by atomic mass is 79.9. The van der Waals surface area contributed by atoms with E-state index in [-0.39, 0.29) is 9.78 Å². The Morgan fingerprint density at radius 2 is 1.37 bits per heavy atom. The minimum absolute atomic E-state index is 0.0578. The van der Waals surface area contributed by atoms with Gasteiger partial charge in [0.2, 0.25) is 0 Å². The van der Waals surface area contributed by atoms with E-state index < -0.39 is 26.4 Å². The van der Waals surface area contributed by atoms with Crippen molar-refractivity contribution in [3.8, 4) is 11.1 Å². The van der Waals surface area contributed by atoms with Crippen LogP contribution in [-0.4, -0.2) is 19.6 Å². The molecule has 4 aromatic carbocycles. The second-order valence-electron chi connectivity index (χ2n) is 9.15. The molecule has 4 rings (SSSR count). The maximum Gasteiger partial charge on any atom is 0.399 e. The summed E-state index contributed by atoms with van der Waals surface area (Å²) < 4.78 is 51.4. The molecule has 0 radical (unpaired) electrons. The zero-order chi connectivity index (χ0) is 29.8. The van der Waals surface area contributed by atoms with E-state index in [0.717, 1.165) is 22.8 Å². The Kier molecular flexibility index (Phi) is 9.89. The van der Waals surface area contributed by atoms with E-state index in [2.05, 4.69) is 15.9 Å². The zero-order valence-electron chi connectivity index (χ0n) is 21.3. The van der Waals surface area contributed by atoms with E-state index in [1.807, 2.05) is 60.7 Å². The van der Waals surface area contributed by atoms with Crippen LogP contribution in [0.5, 0.6) is 0 Å². The summed E-state index contributed by atoms with van der Waals surface area (Å²) in [5.41, 5.74) is -0.566. The van der Waals surface area contributed by atoms with Gasteiger partial charge in [0, 0.05) is 21.5 Å². The van der Waals surface area contributed by atoms with Crippen LogP contribution >= 0.6 is 42.9 Å². The Morgan fingerprint density at radius 1 is 0.756 bits per heavy atom. The molecule has 0 heterocycles. The van der Waals surface area contributed by atoms with E-state index in [1.54, 1.807) is 18.2 Å². The second kappa shape index (κ2) is 12.9. The highest BCUT2D eigenvalue weighted by Gasteiger charge is 2.51. The van der Waals surface area contributed by atoms with Gasteiger partial charge in [-0.3, -0.25) is 9.13 Å². The third kappa shape index (κ3) is 7.92. The summed E-state index contributed by atoms with van der Waals surface area (Å²) in [5, 5.41) is -0.0578. The van der Waals surface area contributed by atoms with E-state index in [4.69, 9.17) is 9.79 Å². The van der Waals surface area contributed by atoms with Gasteiger partial charge in [-0.25, -0.2) is 0 Å². The van der Waals surface area contributed by atoms with Crippen molar-refractivity contribution < 1.29 is 37.5 Å². The predicted octanol–water partition coefficient (Wildman–Crippen LogP) is 7.75. The average molecular weight is 681 g/mol. The molecule has 12 heteroatoms. The molecule has 0 amide bonds. The number of benzene rings is 4. The summed E-state index contributed by atoms with van der Waals surface area (Å²) in [4.78, 5) is 37.9. The fourth-order valence-corrected chi connectivity index (χ4v) is 7.07. The fraction of sp³-hybridized carbons (Fsp3) is 0.103. The molecular weight excluding hydrogens is 656 g/mol. The lowest BCUT2D eigenvalue weighted by Crippen LogP contribution is -2.14. The van der Waals surface area contributed by atoms with Crippen molar-refractivity contribution in [3.05, 3.63) is 123 Å². The number of alkyl halides is 2. The smallest absolute Gasteiger partial charge is 0.321 e. The van der Waals surface area contributed by atoms with Crippen molar-refractivity contribution in [1.82, 2.24) is 0 Å². The van der Waals surface area contributed by atoms with Crippen LogP contribution in [0, 0.1) is 0 Å². The molecule has 0 aliphatic heterocycles. The minimum atomic E-state index is -5.66. The molecule has 0 saturated carbocycles. The first-order chi connectivity index (χ1) is 19.3. The molecular formula is C29H25BrF2O6P2S. The van der Waals surface area contributed by atoms with Crippen molar-refractivity contribution in [3.63, 3.8) is 0 Å². The first kappa shape index (κ1) is 31.5. The molecule has 0 atom stereocenters. The van der Waals surface area contributed by atoms with Crippen LogP contribution < -0.4 is 5.30 Å². The van der Waals surface area contributed by atoms with E-state index in [1.165, 1.54) is 30.0 Å². The average Bonchev–Trinajstić information content (AvgIpc) is 2.91. The van der Waals surface area contributed by atoms with Crippen LogP contribution in [0.15, 0.2) is 95.5 Å². The summed E-state index contributed by atoms with van der Waals surface area (Å²) in [6, 6.07) is 25.8. The Balaban J connectivity index is 1.43. The van der Waals surface area contributed by atoms with Gasteiger partial charge in [-0.2, -0.15) is 20.5 Å². The van der Waals surface area contributed by atoms with Crippen LogP contribution in [0.4, 0.5) is 8.78 Å². The maximum atomic E-state index is 14.0. The van der Waals surface area contributed by atoms with Crippen molar-refractivity contribution in [2.24, 2.45) is 0 Å². The van der Waals surface area contributed by atoms with Gasteiger partial charge < -0.3 is 19.6 Å². The Bertz CT molecular complexity index is 1650. The van der Waals surface area contributed by atoms with Gasteiger partial charge in [0.25, 0.3) is 0 Å². The Morgan fingerprint density at radius 3 is 1.98 bits per heavy atom. The van der Waals surface area contributed by atoms with Crippen molar-refractivity contribution in [2.75, 3.05) is 0 Å².